The summed E-state index contributed by atoms with van der Waals surface area (Å²) in [7, 11) is 0. The molecule has 0 radical (unpaired) electrons. The van der Waals surface area contributed by atoms with Gasteiger partial charge in [-0.25, -0.2) is 4.39 Å². The Balaban J connectivity index is 1.78. The molecule has 1 aliphatic carbocycles. The van der Waals surface area contributed by atoms with E-state index in [4.69, 9.17) is 0 Å². The Bertz CT molecular complexity index is 802. The van der Waals surface area contributed by atoms with Crippen LogP contribution in [0, 0.1) is 5.82 Å². The quantitative estimate of drug-likeness (QED) is 0.898. The van der Waals surface area contributed by atoms with Gasteiger partial charge in [0.25, 0.3) is 5.91 Å². The van der Waals surface area contributed by atoms with Crippen LogP contribution < -0.4 is 10.6 Å². The number of anilines is 2. The summed E-state index contributed by atoms with van der Waals surface area (Å²) in [5.74, 6) is -1.16. The lowest BCUT2D eigenvalue weighted by Gasteiger charge is -2.16. The zero-order chi connectivity index (χ0) is 17.1. The summed E-state index contributed by atoms with van der Waals surface area (Å²) < 4.78 is 13.7. The van der Waals surface area contributed by atoms with Crippen LogP contribution in [0.25, 0.3) is 0 Å². The number of fused-ring (bicyclic) bond motifs is 1. The predicted octanol–water partition coefficient (Wildman–Crippen LogP) is 3.92. The second kappa shape index (κ2) is 6.83. The first kappa shape index (κ1) is 16.2. The molecule has 2 aromatic carbocycles. The molecule has 0 saturated carbocycles. The normalized spacial score (nSPS) is 13.1. The summed E-state index contributed by atoms with van der Waals surface area (Å²) in [6.07, 6.45) is 4.41. The fraction of sp³-hybridized carbons (Fsp3) is 0.263. The van der Waals surface area contributed by atoms with Crippen LogP contribution in [0.4, 0.5) is 15.8 Å². The summed E-state index contributed by atoms with van der Waals surface area (Å²) in [6.45, 7) is 1.30. The van der Waals surface area contributed by atoms with Crippen molar-refractivity contribution in [3.8, 4) is 0 Å². The van der Waals surface area contributed by atoms with Gasteiger partial charge in [-0.15, -0.1) is 0 Å². The Labute approximate surface area is 140 Å². The highest BCUT2D eigenvalue weighted by Crippen LogP contribution is 2.24. The highest BCUT2D eigenvalue weighted by molar-refractivity contribution is 6.04. The molecule has 2 amide bonds. The zero-order valence-electron chi connectivity index (χ0n) is 13.5. The second-order valence-electron chi connectivity index (χ2n) is 6.02. The Kier molecular flexibility index (Phi) is 4.60. The number of carbonyl (C=O) groups excluding carboxylic acids is 2. The van der Waals surface area contributed by atoms with Gasteiger partial charge in [0.2, 0.25) is 5.91 Å². The molecule has 0 bridgehead atoms. The van der Waals surface area contributed by atoms with E-state index < -0.39 is 5.82 Å². The van der Waals surface area contributed by atoms with Crippen molar-refractivity contribution < 1.29 is 14.0 Å². The third-order valence-corrected chi connectivity index (χ3v) is 4.15. The number of hydrogen-bond acceptors (Lipinski definition) is 2. The first-order valence-corrected chi connectivity index (χ1v) is 8.03. The van der Waals surface area contributed by atoms with Gasteiger partial charge in [-0.2, -0.15) is 0 Å². The van der Waals surface area contributed by atoms with Crippen molar-refractivity contribution in [3.05, 3.63) is 58.9 Å². The number of rotatable bonds is 3. The number of amides is 2. The van der Waals surface area contributed by atoms with Crippen molar-refractivity contribution in [2.24, 2.45) is 0 Å². The smallest absolute Gasteiger partial charge is 0.255 e. The highest BCUT2D eigenvalue weighted by atomic mass is 19.1. The molecule has 5 heteroatoms. The molecular weight excluding hydrogens is 307 g/mol. The summed E-state index contributed by atoms with van der Waals surface area (Å²) in [5.41, 5.74) is 3.61. The standard InChI is InChI=1S/C19H19FN2O2/c1-12(23)21-18-11-16(8-9-17(18)20)22-19(24)15-7-6-13-4-2-3-5-14(13)10-15/h6-11H,2-5H2,1H3,(H,21,23)(H,22,24). The minimum Gasteiger partial charge on any atom is -0.324 e. The first-order valence-electron chi connectivity index (χ1n) is 8.03. The monoisotopic (exact) mass is 326 g/mol. The van der Waals surface area contributed by atoms with Gasteiger partial charge < -0.3 is 10.6 Å². The minimum absolute atomic E-state index is 0.0470. The van der Waals surface area contributed by atoms with E-state index in [1.54, 1.807) is 0 Å². The van der Waals surface area contributed by atoms with Crippen LogP contribution in [0.1, 0.15) is 41.3 Å². The van der Waals surface area contributed by atoms with E-state index in [9.17, 15) is 14.0 Å². The summed E-state index contributed by atoms with van der Waals surface area (Å²) >= 11 is 0. The molecule has 0 spiro atoms. The lowest BCUT2D eigenvalue weighted by molar-refractivity contribution is -0.114. The Morgan fingerprint density at radius 3 is 2.46 bits per heavy atom. The van der Waals surface area contributed by atoms with Crippen LogP contribution in [-0.2, 0) is 17.6 Å². The molecule has 0 atom stereocenters. The van der Waals surface area contributed by atoms with Gasteiger partial charge in [-0.05, 0) is 67.1 Å². The van der Waals surface area contributed by atoms with Crippen molar-refractivity contribution in [3.63, 3.8) is 0 Å². The molecule has 0 heterocycles. The largest absolute Gasteiger partial charge is 0.324 e. The molecule has 1 aliphatic rings. The Hall–Kier alpha value is -2.69. The number of aryl methyl sites for hydroxylation is 2. The number of nitrogens with one attached hydrogen (secondary N) is 2. The van der Waals surface area contributed by atoms with Crippen LogP contribution in [0.5, 0.6) is 0 Å². The number of hydrogen-bond donors (Lipinski definition) is 2. The maximum Gasteiger partial charge on any atom is 0.255 e. The van der Waals surface area contributed by atoms with Crippen molar-refractivity contribution in [1.29, 1.82) is 0 Å². The molecule has 24 heavy (non-hydrogen) atoms. The van der Waals surface area contributed by atoms with Crippen LogP contribution in [-0.4, -0.2) is 11.8 Å². The van der Waals surface area contributed by atoms with E-state index in [2.05, 4.69) is 10.6 Å². The van der Waals surface area contributed by atoms with E-state index >= 15 is 0 Å². The van der Waals surface area contributed by atoms with E-state index in [0.29, 0.717) is 11.3 Å². The lowest BCUT2D eigenvalue weighted by Crippen LogP contribution is -2.14. The van der Waals surface area contributed by atoms with Crippen LogP contribution >= 0.6 is 0 Å². The molecule has 0 fully saturated rings. The summed E-state index contributed by atoms with van der Waals surface area (Å²) in [6, 6.07) is 9.86. The molecule has 2 N–H and O–H groups in total. The SMILES string of the molecule is CC(=O)Nc1cc(NC(=O)c2ccc3c(c2)CCCC3)ccc1F. The van der Waals surface area contributed by atoms with Crippen molar-refractivity contribution in [1.82, 2.24) is 0 Å². The van der Waals surface area contributed by atoms with Gasteiger partial charge in [-0.1, -0.05) is 6.07 Å². The molecule has 0 unspecified atom stereocenters. The van der Waals surface area contributed by atoms with Gasteiger partial charge in [0, 0.05) is 18.2 Å². The molecule has 0 aliphatic heterocycles. The summed E-state index contributed by atoms with van der Waals surface area (Å²) in [5, 5.41) is 5.15. The average Bonchev–Trinajstić information content (AvgIpc) is 2.57. The van der Waals surface area contributed by atoms with Gasteiger partial charge >= 0.3 is 0 Å². The fourth-order valence-corrected chi connectivity index (χ4v) is 2.97. The van der Waals surface area contributed by atoms with Gasteiger partial charge in [0.05, 0.1) is 5.69 Å². The maximum absolute atomic E-state index is 13.7. The van der Waals surface area contributed by atoms with Crippen LogP contribution in [0.2, 0.25) is 0 Å². The van der Waals surface area contributed by atoms with Gasteiger partial charge in [0.15, 0.2) is 0 Å². The van der Waals surface area contributed by atoms with Crippen molar-refractivity contribution >= 4 is 23.2 Å². The molecule has 0 aromatic heterocycles. The maximum atomic E-state index is 13.7. The first-order chi connectivity index (χ1) is 11.5. The lowest BCUT2D eigenvalue weighted by atomic mass is 9.90. The molecule has 124 valence electrons. The zero-order valence-corrected chi connectivity index (χ0v) is 13.5. The fourth-order valence-electron chi connectivity index (χ4n) is 2.97. The van der Waals surface area contributed by atoms with Crippen LogP contribution in [0.3, 0.4) is 0 Å². The van der Waals surface area contributed by atoms with E-state index in [1.165, 1.54) is 42.7 Å². The Morgan fingerprint density at radius 2 is 1.71 bits per heavy atom. The highest BCUT2D eigenvalue weighted by Gasteiger charge is 2.14. The topological polar surface area (TPSA) is 58.2 Å². The molecule has 2 aromatic rings. The molecule has 0 saturated heterocycles. The third-order valence-electron chi connectivity index (χ3n) is 4.15. The molecular formula is C19H19FN2O2. The number of halogens is 1. The van der Waals surface area contributed by atoms with Crippen LogP contribution in [0.15, 0.2) is 36.4 Å². The number of benzene rings is 2. The van der Waals surface area contributed by atoms with E-state index in [-0.39, 0.29) is 17.5 Å². The average molecular weight is 326 g/mol. The number of carbonyl (C=O) groups is 2. The minimum atomic E-state index is -0.544. The van der Waals surface area contributed by atoms with E-state index in [0.717, 1.165) is 19.3 Å². The van der Waals surface area contributed by atoms with Crippen molar-refractivity contribution in [2.75, 3.05) is 10.6 Å². The third kappa shape index (κ3) is 3.62. The van der Waals surface area contributed by atoms with E-state index in [1.807, 2.05) is 18.2 Å². The van der Waals surface area contributed by atoms with Crippen molar-refractivity contribution in [2.45, 2.75) is 32.6 Å². The van der Waals surface area contributed by atoms with Gasteiger partial charge in [-0.3, -0.25) is 9.59 Å². The Morgan fingerprint density at radius 1 is 0.958 bits per heavy atom. The summed E-state index contributed by atoms with van der Waals surface area (Å²) in [4.78, 5) is 23.5. The molecule has 4 nitrogen and oxygen atoms in total. The van der Waals surface area contributed by atoms with Gasteiger partial charge in [0.1, 0.15) is 5.82 Å². The predicted molar refractivity (Wildman–Crippen MR) is 91.7 cm³/mol. The molecule has 3 rings (SSSR count). The second-order valence-corrected chi connectivity index (χ2v) is 6.02.